The Labute approximate surface area is 108 Å². The average molecular weight is 282 g/mol. The van der Waals surface area contributed by atoms with Crippen LogP contribution in [0.1, 0.15) is 37.2 Å². The normalized spacial score (nSPS) is 15.6. The maximum Gasteiger partial charge on any atom is 0.414 e. The maximum atomic E-state index is 12.7. The first-order chi connectivity index (χ1) is 8.45. The molecule has 2 nitrogen and oxygen atoms in total. The second-order valence-corrected chi connectivity index (χ2v) is 5.00. The van der Waals surface area contributed by atoms with Gasteiger partial charge in [0, 0.05) is 17.9 Å². The molecule has 0 saturated heterocycles. The fraction of sp³-hybridized carbons (Fsp3) is 0.667. The topological polar surface area (TPSA) is 29.5 Å². The highest BCUT2D eigenvalue weighted by Gasteiger charge is 2.41. The van der Waals surface area contributed by atoms with Crippen LogP contribution in [0.5, 0.6) is 0 Å². The van der Waals surface area contributed by atoms with E-state index in [-0.39, 0.29) is 6.61 Å². The first-order valence-electron chi connectivity index (χ1n) is 5.85. The van der Waals surface area contributed by atoms with Gasteiger partial charge in [-0.3, -0.25) is 0 Å². The molecule has 18 heavy (non-hydrogen) atoms. The number of halogens is 3. The van der Waals surface area contributed by atoms with Crippen LogP contribution in [0.3, 0.4) is 0 Å². The number of alkyl halides is 3. The predicted octanol–water partition coefficient (Wildman–Crippen LogP) is 3.92. The molecular weight excluding hydrogens is 265 g/mol. The van der Waals surface area contributed by atoms with E-state index in [1.807, 2.05) is 6.92 Å². The predicted molar refractivity (Wildman–Crippen MR) is 64.6 cm³/mol. The van der Waals surface area contributed by atoms with Gasteiger partial charge in [0.15, 0.2) is 6.10 Å². The van der Waals surface area contributed by atoms with Gasteiger partial charge in [-0.05, 0) is 17.9 Å². The molecule has 1 aromatic rings. The van der Waals surface area contributed by atoms with Crippen LogP contribution in [-0.4, -0.2) is 24.0 Å². The van der Waals surface area contributed by atoms with Crippen molar-refractivity contribution < 1.29 is 23.0 Å². The third-order valence-corrected chi connectivity index (χ3v) is 3.46. The van der Waals surface area contributed by atoms with E-state index in [1.165, 1.54) is 11.3 Å². The lowest BCUT2D eigenvalue weighted by atomic mass is 10.1. The Morgan fingerprint density at radius 2 is 2.17 bits per heavy atom. The highest BCUT2D eigenvalue weighted by atomic mass is 32.1. The zero-order valence-electron chi connectivity index (χ0n) is 10.1. The summed E-state index contributed by atoms with van der Waals surface area (Å²) in [5, 5.41) is 11.5. The highest BCUT2D eigenvalue weighted by molar-refractivity contribution is 7.10. The minimum atomic E-state index is -4.44. The molecule has 0 aliphatic rings. The van der Waals surface area contributed by atoms with Crippen molar-refractivity contribution in [2.75, 3.05) is 6.61 Å². The van der Waals surface area contributed by atoms with Crippen molar-refractivity contribution in [3.8, 4) is 0 Å². The van der Waals surface area contributed by atoms with Crippen LogP contribution >= 0.6 is 11.3 Å². The van der Waals surface area contributed by atoms with Gasteiger partial charge >= 0.3 is 6.18 Å². The molecule has 1 rings (SSSR count). The van der Waals surface area contributed by atoms with E-state index in [4.69, 9.17) is 4.74 Å². The molecule has 0 aliphatic heterocycles. The van der Waals surface area contributed by atoms with Crippen molar-refractivity contribution in [2.24, 2.45) is 0 Å². The zero-order valence-corrected chi connectivity index (χ0v) is 10.9. The van der Waals surface area contributed by atoms with Gasteiger partial charge in [0.2, 0.25) is 0 Å². The van der Waals surface area contributed by atoms with E-state index >= 15 is 0 Å². The first kappa shape index (κ1) is 15.5. The molecule has 1 heterocycles. The molecule has 0 aliphatic carbocycles. The van der Waals surface area contributed by atoms with Gasteiger partial charge in [-0.15, -0.1) is 11.3 Å². The number of hydrogen-bond acceptors (Lipinski definition) is 3. The van der Waals surface area contributed by atoms with Gasteiger partial charge in [-0.25, -0.2) is 0 Å². The Kier molecular flexibility index (Phi) is 6.11. The van der Waals surface area contributed by atoms with Crippen LogP contribution in [0.4, 0.5) is 13.2 Å². The Morgan fingerprint density at radius 1 is 1.44 bits per heavy atom. The third kappa shape index (κ3) is 4.96. The SMILES string of the molecule is CCCCOC(CC(O)c1cccs1)C(F)(F)F. The van der Waals surface area contributed by atoms with Gasteiger partial charge in [0.05, 0.1) is 6.10 Å². The van der Waals surface area contributed by atoms with Crippen LogP contribution in [0, 0.1) is 0 Å². The highest BCUT2D eigenvalue weighted by Crippen LogP contribution is 2.32. The average Bonchev–Trinajstić information content (AvgIpc) is 2.79. The molecule has 0 bridgehead atoms. The van der Waals surface area contributed by atoms with Gasteiger partial charge in [0.1, 0.15) is 0 Å². The quantitative estimate of drug-likeness (QED) is 0.768. The molecule has 1 aromatic heterocycles. The summed E-state index contributed by atoms with van der Waals surface area (Å²) in [6, 6.07) is 3.32. The van der Waals surface area contributed by atoms with Crippen LogP contribution in [-0.2, 0) is 4.74 Å². The molecule has 6 heteroatoms. The minimum Gasteiger partial charge on any atom is -0.387 e. The molecule has 1 N–H and O–H groups in total. The Morgan fingerprint density at radius 3 is 2.67 bits per heavy atom. The standard InChI is InChI=1S/C12H17F3O2S/c1-2-3-6-17-11(12(13,14)15)8-9(16)10-5-4-7-18-10/h4-5,7,9,11,16H,2-3,6,8H2,1H3. The summed E-state index contributed by atoms with van der Waals surface area (Å²) >= 11 is 1.24. The largest absolute Gasteiger partial charge is 0.414 e. The Hall–Kier alpha value is -0.590. The van der Waals surface area contributed by atoms with Crippen LogP contribution in [0.25, 0.3) is 0 Å². The number of hydrogen-bond donors (Lipinski definition) is 1. The first-order valence-corrected chi connectivity index (χ1v) is 6.73. The molecule has 0 aromatic carbocycles. The van der Waals surface area contributed by atoms with Crippen LogP contribution in [0.15, 0.2) is 17.5 Å². The number of thiophene rings is 1. The van der Waals surface area contributed by atoms with Crippen LogP contribution in [0.2, 0.25) is 0 Å². The minimum absolute atomic E-state index is 0.0673. The molecule has 0 saturated carbocycles. The van der Waals surface area contributed by atoms with Gasteiger partial charge in [0.25, 0.3) is 0 Å². The van der Waals surface area contributed by atoms with E-state index in [1.54, 1.807) is 17.5 Å². The molecule has 0 fully saturated rings. The summed E-state index contributed by atoms with van der Waals surface area (Å²) in [6.45, 7) is 1.95. The molecule has 0 amide bonds. The summed E-state index contributed by atoms with van der Waals surface area (Å²) in [4.78, 5) is 0.531. The number of ether oxygens (including phenoxy) is 1. The second kappa shape index (κ2) is 7.11. The van der Waals surface area contributed by atoms with Crippen LogP contribution < -0.4 is 0 Å². The molecular formula is C12H17F3O2S. The lowest BCUT2D eigenvalue weighted by Crippen LogP contribution is -2.33. The van der Waals surface area contributed by atoms with Crippen molar-refractivity contribution >= 4 is 11.3 Å². The molecule has 0 radical (unpaired) electrons. The third-order valence-electron chi connectivity index (χ3n) is 2.49. The van der Waals surface area contributed by atoms with Gasteiger partial charge < -0.3 is 9.84 Å². The molecule has 0 spiro atoms. The molecule has 2 atom stereocenters. The van der Waals surface area contributed by atoms with E-state index in [9.17, 15) is 18.3 Å². The summed E-state index contributed by atoms with van der Waals surface area (Å²) in [6.07, 6.45) is -6.56. The second-order valence-electron chi connectivity index (χ2n) is 4.02. The van der Waals surface area contributed by atoms with E-state index in [0.717, 1.165) is 6.42 Å². The van der Waals surface area contributed by atoms with Crippen molar-refractivity contribution in [1.82, 2.24) is 0 Å². The van der Waals surface area contributed by atoms with E-state index in [2.05, 4.69) is 0 Å². The number of aliphatic hydroxyl groups is 1. The van der Waals surface area contributed by atoms with E-state index in [0.29, 0.717) is 11.3 Å². The molecule has 104 valence electrons. The van der Waals surface area contributed by atoms with Crippen molar-refractivity contribution in [1.29, 1.82) is 0 Å². The van der Waals surface area contributed by atoms with Gasteiger partial charge in [-0.1, -0.05) is 19.4 Å². The van der Waals surface area contributed by atoms with E-state index < -0.39 is 24.8 Å². The lowest BCUT2D eigenvalue weighted by molar-refractivity contribution is -0.228. The Balaban J connectivity index is 2.55. The number of rotatable bonds is 7. The fourth-order valence-corrected chi connectivity index (χ4v) is 2.19. The summed E-state index contributed by atoms with van der Waals surface area (Å²) in [5.74, 6) is 0. The summed E-state index contributed by atoms with van der Waals surface area (Å²) < 4.78 is 43.0. The lowest BCUT2D eigenvalue weighted by Gasteiger charge is -2.22. The van der Waals surface area contributed by atoms with Crippen molar-refractivity contribution in [3.63, 3.8) is 0 Å². The summed E-state index contributed by atoms with van der Waals surface area (Å²) in [7, 11) is 0. The fourth-order valence-electron chi connectivity index (χ4n) is 1.47. The molecule has 2 unspecified atom stereocenters. The Bertz CT molecular complexity index is 325. The van der Waals surface area contributed by atoms with Crippen molar-refractivity contribution in [3.05, 3.63) is 22.4 Å². The monoisotopic (exact) mass is 282 g/mol. The van der Waals surface area contributed by atoms with Crippen molar-refractivity contribution in [2.45, 2.75) is 44.6 Å². The van der Waals surface area contributed by atoms with Gasteiger partial charge in [-0.2, -0.15) is 13.2 Å². The smallest absolute Gasteiger partial charge is 0.387 e. The number of aliphatic hydroxyl groups excluding tert-OH is 1. The zero-order chi connectivity index (χ0) is 13.6. The number of unbranched alkanes of at least 4 members (excludes halogenated alkanes) is 1. The summed E-state index contributed by atoms with van der Waals surface area (Å²) in [5.41, 5.74) is 0. The maximum absolute atomic E-state index is 12.7.